The lowest BCUT2D eigenvalue weighted by Gasteiger charge is -2.18. The van der Waals surface area contributed by atoms with Gasteiger partial charge in [-0.1, -0.05) is 134 Å². The second kappa shape index (κ2) is 10.2. The Morgan fingerprint density at radius 3 is 1.86 bits per heavy atom. The second-order valence-electron chi connectivity index (χ2n) is 10.9. The van der Waals surface area contributed by atoms with Crippen LogP contribution in [0.1, 0.15) is 0 Å². The smallest absolute Gasteiger partial charge is 0.0434 e. The van der Waals surface area contributed by atoms with E-state index in [1.165, 1.54) is 53.8 Å². The molecular weight excluding hydrogens is 539 g/mol. The first-order chi connectivity index (χ1) is 21.2. The highest BCUT2D eigenvalue weighted by Crippen LogP contribution is 2.42. The number of rotatable bonds is 4. The van der Waals surface area contributed by atoms with Crippen LogP contribution in [0.25, 0.3) is 87.8 Å². The number of thiophene rings is 1. The van der Waals surface area contributed by atoms with Crippen LogP contribution in [0.4, 0.5) is 0 Å². The van der Waals surface area contributed by atoms with Crippen LogP contribution in [0.15, 0.2) is 133 Å². The van der Waals surface area contributed by atoms with Crippen molar-refractivity contribution >= 4 is 71.9 Å². The van der Waals surface area contributed by atoms with Crippen LogP contribution in [0.5, 0.6) is 0 Å². The van der Waals surface area contributed by atoms with Gasteiger partial charge in [0, 0.05) is 32.0 Å². The average molecular weight is 566 g/mol. The summed E-state index contributed by atoms with van der Waals surface area (Å²) in [5.41, 5.74) is 6.95. The Balaban J connectivity index is 1.50. The molecule has 2 heteroatoms. The molecule has 0 bridgehead atoms. The topological polar surface area (TPSA) is 23.9 Å². The SMILES string of the molecule is C=c1c(-c2ccccc2-c2cccc3ccccc23)c2ccccc2c(-c2cccc3c2sc2ccccc23)/c1=C/C=N. The summed E-state index contributed by atoms with van der Waals surface area (Å²) < 4.78 is 2.54. The van der Waals surface area contributed by atoms with Crippen molar-refractivity contribution in [3.05, 3.63) is 144 Å². The second-order valence-corrected chi connectivity index (χ2v) is 11.9. The van der Waals surface area contributed by atoms with Gasteiger partial charge in [-0.05, 0) is 71.9 Å². The summed E-state index contributed by atoms with van der Waals surface area (Å²) in [5.74, 6) is 0. The highest BCUT2D eigenvalue weighted by atomic mass is 32.1. The largest absolute Gasteiger partial charge is 0.309 e. The first-order valence-corrected chi connectivity index (χ1v) is 15.3. The van der Waals surface area contributed by atoms with Crippen molar-refractivity contribution in [2.24, 2.45) is 0 Å². The van der Waals surface area contributed by atoms with E-state index in [4.69, 9.17) is 12.0 Å². The van der Waals surface area contributed by atoms with Gasteiger partial charge in [-0.3, -0.25) is 0 Å². The Morgan fingerprint density at radius 1 is 0.488 bits per heavy atom. The third kappa shape index (κ3) is 3.95. The Morgan fingerprint density at radius 2 is 1.05 bits per heavy atom. The summed E-state index contributed by atoms with van der Waals surface area (Å²) in [6.07, 6.45) is 3.31. The minimum atomic E-state index is 0.933. The molecule has 202 valence electrons. The maximum Gasteiger partial charge on any atom is 0.0434 e. The van der Waals surface area contributed by atoms with Gasteiger partial charge in [0.2, 0.25) is 0 Å². The summed E-state index contributed by atoms with van der Waals surface area (Å²) >= 11 is 1.83. The maximum absolute atomic E-state index is 8.19. The molecule has 43 heavy (non-hydrogen) atoms. The first-order valence-electron chi connectivity index (χ1n) is 14.5. The van der Waals surface area contributed by atoms with E-state index >= 15 is 0 Å². The lowest BCUT2D eigenvalue weighted by atomic mass is 9.85. The molecule has 0 aliphatic carbocycles. The zero-order valence-electron chi connectivity index (χ0n) is 23.5. The zero-order chi connectivity index (χ0) is 28.9. The summed E-state index contributed by atoms with van der Waals surface area (Å²) in [6, 6.07) is 47.7. The van der Waals surface area contributed by atoms with Gasteiger partial charge in [0.15, 0.2) is 0 Å². The van der Waals surface area contributed by atoms with E-state index in [0.29, 0.717) is 0 Å². The van der Waals surface area contributed by atoms with E-state index in [1.54, 1.807) is 0 Å². The highest BCUT2D eigenvalue weighted by Gasteiger charge is 2.19. The lowest BCUT2D eigenvalue weighted by molar-refractivity contribution is 1.53. The Kier molecular flexibility index (Phi) is 6.03. The molecule has 0 aliphatic rings. The van der Waals surface area contributed by atoms with Gasteiger partial charge in [-0.2, -0.15) is 0 Å². The molecule has 0 unspecified atom stereocenters. The van der Waals surface area contributed by atoms with E-state index in [1.807, 2.05) is 17.4 Å². The molecule has 1 aromatic heterocycles. The van der Waals surface area contributed by atoms with E-state index in [0.717, 1.165) is 37.9 Å². The minimum absolute atomic E-state index is 0.933. The quantitative estimate of drug-likeness (QED) is 0.205. The van der Waals surface area contributed by atoms with Gasteiger partial charge in [0.05, 0.1) is 0 Å². The lowest BCUT2D eigenvalue weighted by Crippen LogP contribution is -2.29. The molecule has 7 aromatic carbocycles. The molecule has 0 amide bonds. The van der Waals surface area contributed by atoms with Crippen molar-refractivity contribution in [1.29, 1.82) is 5.41 Å². The van der Waals surface area contributed by atoms with Gasteiger partial charge in [-0.25, -0.2) is 0 Å². The van der Waals surface area contributed by atoms with Crippen molar-refractivity contribution in [1.82, 2.24) is 0 Å². The molecule has 8 aromatic rings. The molecule has 0 saturated carbocycles. The Labute approximate surface area is 253 Å². The summed E-state index contributed by atoms with van der Waals surface area (Å²) in [7, 11) is 0. The van der Waals surface area contributed by atoms with Crippen molar-refractivity contribution in [3.63, 3.8) is 0 Å². The van der Waals surface area contributed by atoms with Gasteiger partial charge >= 0.3 is 0 Å². The van der Waals surface area contributed by atoms with Crippen LogP contribution in [-0.4, -0.2) is 6.21 Å². The molecule has 1 heterocycles. The summed E-state index contributed by atoms with van der Waals surface area (Å²) in [6.45, 7) is 4.74. The Hall–Kier alpha value is -5.31. The van der Waals surface area contributed by atoms with Crippen LogP contribution in [0.3, 0.4) is 0 Å². The number of fused-ring (bicyclic) bond motifs is 5. The monoisotopic (exact) mass is 565 g/mol. The number of nitrogens with one attached hydrogen (secondary N) is 1. The summed E-state index contributed by atoms with van der Waals surface area (Å²) in [5, 5.41) is 17.4. The van der Waals surface area contributed by atoms with Crippen LogP contribution < -0.4 is 10.4 Å². The standard InChI is InChI=1S/C41H27NS/c1-26-28(24-25-42)40(37-22-11-21-36-32-16-8-9-23-38(32)43-41(36)37)35-19-7-6-18-34(35)39(26)33-17-5-4-15-31(33)30-20-10-13-27-12-2-3-14-29(27)30/h2-25,42H,1H2/b28-24+,42-25?. The molecule has 0 radical (unpaired) electrons. The molecule has 0 spiro atoms. The van der Waals surface area contributed by atoms with E-state index < -0.39 is 0 Å². The third-order valence-corrected chi connectivity index (χ3v) is 9.78. The zero-order valence-corrected chi connectivity index (χ0v) is 24.3. The molecule has 1 nitrogen and oxygen atoms in total. The number of benzene rings is 7. The molecular formula is C41H27NS. The van der Waals surface area contributed by atoms with Crippen molar-refractivity contribution < 1.29 is 0 Å². The average Bonchev–Trinajstić information content (AvgIpc) is 3.44. The molecule has 8 rings (SSSR count). The van der Waals surface area contributed by atoms with Gasteiger partial charge in [0.25, 0.3) is 0 Å². The first kappa shape index (κ1) is 25.4. The van der Waals surface area contributed by atoms with Crippen LogP contribution in [0, 0.1) is 5.41 Å². The van der Waals surface area contributed by atoms with Crippen molar-refractivity contribution in [3.8, 4) is 33.4 Å². The van der Waals surface area contributed by atoms with Gasteiger partial charge < -0.3 is 5.41 Å². The fourth-order valence-corrected chi connectivity index (χ4v) is 7.94. The normalized spacial score (nSPS) is 12.0. The minimum Gasteiger partial charge on any atom is -0.309 e. The van der Waals surface area contributed by atoms with Crippen LogP contribution in [-0.2, 0) is 0 Å². The highest BCUT2D eigenvalue weighted by molar-refractivity contribution is 7.26. The van der Waals surface area contributed by atoms with Crippen molar-refractivity contribution in [2.75, 3.05) is 0 Å². The predicted molar refractivity (Wildman–Crippen MR) is 189 cm³/mol. The van der Waals surface area contributed by atoms with Gasteiger partial charge in [0.1, 0.15) is 0 Å². The fraction of sp³-hybridized carbons (Fsp3) is 0. The van der Waals surface area contributed by atoms with Crippen LogP contribution >= 0.6 is 11.3 Å². The number of hydrogen-bond donors (Lipinski definition) is 1. The van der Waals surface area contributed by atoms with Crippen molar-refractivity contribution in [2.45, 2.75) is 0 Å². The van der Waals surface area contributed by atoms with E-state index in [9.17, 15) is 0 Å². The fourth-order valence-electron chi connectivity index (χ4n) is 6.72. The molecule has 1 N–H and O–H groups in total. The molecule has 0 aliphatic heterocycles. The van der Waals surface area contributed by atoms with Gasteiger partial charge in [-0.15, -0.1) is 11.3 Å². The predicted octanol–water partition coefficient (Wildman–Crippen LogP) is 10.2. The third-order valence-electron chi connectivity index (χ3n) is 8.56. The maximum atomic E-state index is 8.19. The molecule has 0 atom stereocenters. The Bertz CT molecular complexity index is 2490. The van der Waals surface area contributed by atoms with Crippen LogP contribution in [0.2, 0.25) is 0 Å². The van der Waals surface area contributed by atoms with E-state index in [2.05, 4.69) is 133 Å². The molecule has 0 fully saturated rings. The van der Waals surface area contributed by atoms with E-state index in [-0.39, 0.29) is 0 Å². The summed E-state index contributed by atoms with van der Waals surface area (Å²) in [4.78, 5) is 0. The molecule has 0 saturated heterocycles. The number of hydrogen-bond acceptors (Lipinski definition) is 2.